The monoisotopic (exact) mass is 282 g/mol. The summed E-state index contributed by atoms with van der Waals surface area (Å²) in [5.74, 6) is 0. The Bertz CT molecular complexity index is 285. The van der Waals surface area contributed by atoms with Crippen molar-refractivity contribution in [2.24, 2.45) is 0 Å². The second-order valence-corrected chi connectivity index (χ2v) is 5.58. The van der Waals surface area contributed by atoms with E-state index in [-0.39, 0.29) is 0 Å². The highest BCUT2D eigenvalue weighted by atomic mass is 16.5. The maximum absolute atomic E-state index is 10.9. The maximum Gasteiger partial charge on any atom is 0.106 e. The largest absolute Gasteiger partial charge is 0.381 e. The first-order valence-corrected chi connectivity index (χ1v) is 8.09. The minimum atomic E-state index is -0.748. The number of hydrogen-bond donors (Lipinski definition) is 1. The van der Waals surface area contributed by atoms with Crippen LogP contribution in [0, 0.1) is 0 Å². The van der Waals surface area contributed by atoms with E-state index in [1.54, 1.807) is 0 Å². The van der Waals surface area contributed by atoms with Crippen molar-refractivity contribution >= 4 is 0 Å². The van der Waals surface area contributed by atoms with Gasteiger partial charge in [0.1, 0.15) is 5.60 Å². The van der Waals surface area contributed by atoms with E-state index < -0.39 is 5.60 Å². The van der Waals surface area contributed by atoms with E-state index in [0.29, 0.717) is 0 Å². The van der Waals surface area contributed by atoms with Crippen LogP contribution in [0.25, 0.3) is 0 Å². The summed E-state index contributed by atoms with van der Waals surface area (Å²) in [5.41, 5.74) is 1.36. The topological polar surface area (TPSA) is 29.5 Å². The van der Waals surface area contributed by atoms with Crippen LogP contribution in [0.1, 0.15) is 73.1 Å². The third-order valence-corrected chi connectivity index (χ3v) is 4.10. The Morgan fingerprint density at radius 1 is 0.950 bits per heavy atom. The first-order valence-electron chi connectivity index (χ1n) is 8.09. The zero-order valence-corrected chi connectivity index (χ0v) is 14.2. The molecule has 20 heavy (non-hydrogen) atoms. The summed E-state index contributed by atoms with van der Waals surface area (Å²) in [4.78, 5) is 0. The molecule has 0 spiro atoms. The van der Waals surface area contributed by atoms with Gasteiger partial charge >= 0.3 is 0 Å². The Balaban J connectivity index is 4.06. The molecule has 0 amide bonds. The Hall–Kier alpha value is -0.600. The van der Waals surface area contributed by atoms with E-state index in [0.717, 1.165) is 56.5 Å². The van der Waals surface area contributed by atoms with E-state index >= 15 is 0 Å². The van der Waals surface area contributed by atoms with Gasteiger partial charge in [0.25, 0.3) is 0 Å². The summed E-state index contributed by atoms with van der Waals surface area (Å²) in [6.07, 6.45) is 10.5. The minimum absolute atomic E-state index is 0.748. The zero-order chi connectivity index (χ0) is 15.4. The molecule has 1 atom stereocenters. The number of unbranched alkanes of at least 4 members (excludes halogenated alkanes) is 3. The molecule has 1 N–H and O–H groups in total. The Morgan fingerprint density at radius 2 is 1.50 bits per heavy atom. The number of rotatable bonds is 11. The van der Waals surface area contributed by atoms with Crippen LogP contribution >= 0.6 is 0 Å². The fourth-order valence-electron chi connectivity index (χ4n) is 2.37. The van der Waals surface area contributed by atoms with Crippen LogP contribution in [0.15, 0.2) is 23.3 Å². The standard InChI is InChI=1S/C18H34O2/c1-6-14-20-15-12-10-9-11-13-18(19,16(4)7-2)17(5)8-3/h7-8,19H,6,9-15H2,1-5H3/b16-7-,17-8+. The SMILES string of the molecule is C/C=C(/C)C(O)(CCCCCCOCCC)/C(C)=C/C. The summed E-state index contributed by atoms with van der Waals surface area (Å²) in [6, 6.07) is 0. The van der Waals surface area contributed by atoms with Gasteiger partial charge in [-0.25, -0.2) is 0 Å². The maximum atomic E-state index is 10.9. The second kappa shape index (κ2) is 11.1. The van der Waals surface area contributed by atoms with Crippen LogP contribution in [0.2, 0.25) is 0 Å². The van der Waals surface area contributed by atoms with Gasteiger partial charge < -0.3 is 9.84 Å². The van der Waals surface area contributed by atoms with Gasteiger partial charge in [-0.15, -0.1) is 0 Å². The summed E-state index contributed by atoms with van der Waals surface area (Å²) < 4.78 is 5.47. The number of aliphatic hydroxyl groups is 1. The first-order chi connectivity index (χ1) is 9.52. The lowest BCUT2D eigenvalue weighted by atomic mass is 9.82. The van der Waals surface area contributed by atoms with Crippen LogP contribution in [-0.4, -0.2) is 23.9 Å². The van der Waals surface area contributed by atoms with Crippen molar-refractivity contribution in [2.75, 3.05) is 13.2 Å². The predicted octanol–water partition coefficient (Wildman–Crippen LogP) is 5.03. The molecule has 0 rings (SSSR count). The molecule has 0 aliphatic rings. The van der Waals surface area contributed by atoms with Crippen molar-refractivity contribution in [1.82, 2.24) is 0 Å². The van der Waals surface area contributed by atoms with Gasteiger partial charge in [0, 0.05) is 13.2 Å². The molecule has 0 heterocycles. The molecule has 0 saturated carbocycles. The average Bonchev–Trinajstić information content (AvgIpc) is 2.47. The summed E-state index contributed by atoms with van der Waals surface area (Å²) in [5, 5.41) is 10.9. The van der Waals surface area contributed by atoms with E-state index in [4.69, 9.17) is 4.74 Å². The lowest BCUT2D eigenvalue weighted by Crippen LogP contribution is -2.31. The molecule has 0 aromatic rings. The molecule has 0 aromatic carbocycles. The molecular weight excluding hydrogens is 248 g/mol. The molecule has 0 fully saturated rings. The quantitative estimate of drug-likeness (QED) is 0.425. The van der Waals surface area contributed by atoms with E-state index in [2.05, 4.69) is 6.92 Å². The molecule has 0 aliphatic carbocycles. The van der Waals surface area contributed by atoms with Gasteiger partial charge in [-0.3, -0.25) is 0 Å². The highest BCUT2D eigenvalue weighted by Gasteiger charge is 2.29. The average molecular weight is 282 g/mol. The number of hydrogen-bond acceptors (Lipinski definition) is 2. The van der Waals surface area contributed by atoms with Gasteiger partial charge in [-0.05, 0) is 64.5 Å². The molecule has 0 aliphatic heterocycles. The molecule has 0 aromatic heterocycles. The molecule has 0 saturated heterocycles. The van der Waals surface area contributed by atoms with Crippen molar-refractivity contribution in [1.29, 1.82) is 0 Å². The van der Waals surface area contributed by atoms with Crippen LogP contribution < -0.4 is 0 Å². The first kappa shape index (κ1) is 19.4. The molecule has 2 heteroatoms. The molecule has 118 valence electrons. The molecule has 1 unspecified atom stereocenters. The fraction of sp³-hybridized carbons (Fsp3) is 0.778. The molecule has 0 bridgehead atoms. The summed E-state index contributed by atoms with van der Waals surface area (Å²) in [6.45, 7) is 11.9. The van der Waals surface area contributed by atoms with Gasteiger partial charge in [-0.2, -0.15) is 0 Å². The van der Waals surface area contributed by atoms with Crippen LogP contribution in [0.3, 0.4) is 0 Å². The summed E-state index contributed by atoms with van der Waals surface area (Å²) >= 11 is 0. The Morgan fingerprint density at radius 3 is 2.00 bits per heavy atom. The number of allylic oxidation sites excluding steroid dienone is 2. The zero-order valence-electron chi connectivity index (χ0n) is 14.2. The highest BCUT2D eigenvalue weighted by molar-refractivity contribution is 5.29. The van der Waals surface area contributed by atoms with Gasteiger partial charge in [0.15, 0.2) is 0 Å². The van der Waals surface area contributed by atoms with Crippen LogP contribution in [-0.2, 0) is 4.74 Å². The normalized spacial score (nSPS) is 16.3. The highest BCUT2D eigenvalue weighted by Crippen LogP contribution is 2.31. The molecule has 0 radical (unpaired) electrons. The molecule has 2 nitrogen and oxygen atoms in total. The summed E-state index contributed by atoms with van der Waals surface area (Å²) in [7, 11) is 0. The second-order valence-electron chi connectivity index (χ2n) is 5.58. The van der Waals surface area contributed by atoms with E-state index in [1.165, 1.54) is 6.42 Å². The van der Waals surface area contributed by atoms with Crippen molar-refractivity contribution in [3.05, 3.63) is 23.3 Å². The minimum Gasteiger partial charge on any atom is -0.381 e. The van der Waals surface area contributed by atoms with Crippen LogP contribution in [0.5, 0.6) is 0 Å². The third-order valence-electron chi connectivity index (χ3n) is 4.10. The lowest BCUT2D eigenvalue weighted by molar-refractivity contribution is 0.102. The third kappa shape index (κ3) is 6.71. The van der Waals surface area contributed by atoms with E-state index in [1.807, 2.05) is 39.8 Å². The van der Waals surface area contributed by atoms with Crippen molar-refractivity contribution in [2.45, 2.75) is 78.7 Å². The fourth-order valence-corrected chi connectivity index (χ4v) is 2.37. The van der Waals surface area contributed by atoms with Crippen LogP contribution in [0.4, 0.5) is 0 Å². The smallest absolute Gasteiger partial charge is 0.106 e. The molecular formula is C18H34O2. The van der Waals surface area contributed by atoms with Gasteiger partial charge in [0.05, 0.1) is 0 Å². The number of ether oxygens (including phenoxy) is 1. The Labute approximate surface area is 125 Å². The van der Waals surface area contributed by atoms with E-state index in [9.17, 15) is 5.11 Å². The van der Waals surface area contributed by atoms with Crippen molar-refractivity contribution < 1.29 is 9.84 Å². The van der Waals surface area contributed by atoms with Gasteiger partial charge in [-0.1, -0.05) is 31.9 Å². The lowest BCUT2D eigenvalue weighted by Gasteiger charge is -2.30. The predicted molar refractivity (Wildman–Crippen MR) is 88.0 cm³/mol. The van der Waals surface area contributed by atoms with Gasteiger partial charge in [0.2, 0.25) is 0 Å². The Kier molecular flexibility index (Phi) is 10.8. The van der Waals surface area contributed by atoms with Crippen molar-refractivity contribution in [3.63, 3.8) is 0 Å². The van der Waals surface area contributed by atoms with Crippen molar-refractivity contribution in [3.8, 4) is 0 Å².